The Morgan fingerprint density at radius 1 is 1.25 bits per heavy atom. The highest BCUT2D eigenvalue weighted by molar-refractivity contribution is 5.89. The molecule has 0 saturated carbocycles. The molecule has 2 aromatic rings. The number of aryl methyl sites for hydroxylation is 1. The van der Waals surface area contributed by atoms with Crippen LogP contribution in [-0.2, 0) is 9.47 Å². The van der Waals surface area contributed by atoms with Crippen molar-refractivity contribution in [1.82, 2.24) is 9.55 Å². The normalized spacial score (nSPS) is 19.4. The number of nitrogens with zero attached hydrogens (tertiary/aromatic N) is 1. The van der Waals surface area contributed by atoms with E-state index in [1.807, 2.05) is 6.07 Å². The molecule has 124 valence electrons. The predicted molar refractivity (Wildman–Crippen MR) is 85.8 cm³/mol. The van der Waals surface area contributed by atoms with Crippen LogP contribution in [-0.4, -0.2) is 28.2 Å². The molecule has 0 radical (unpaired) electrons. The Morgan fingerprint density at radius 3 is 2.75 bits per heavy atom. The van der Waals surface area contributed by atoms with E-state index in [2.05, 4.69) is 4.98 Å². The van der Waals surface area contributed by atoms with Crippen LogP contribution in [0.25, 0.3) is 0 Å². The van der Waals surface area contributed by atoms with Crippen molar-refractivity contribution in [2.75, 3.05) is 6.61 Å². The van der Waals surface area contributed by atoms with Gasteiger partial charge in [-0.15, -0.1) is 0 Å². The Bertz CT molecular complexity index is 882. The van der Waals surface area contributed by atoms with Gasteiger partial charge in [0.15, 0.2) is 6.23 Å². The molecule has 1 aliphatic heterocycles. The second-order valence-corrected chi connectivity index (χ2v) is 5.39. The molecular weight excluding hydrogens is 312 g/mol. The molecule has 7 heteroatoms. The molecular formula is C17H16N2O5. The van der Waals surface area contributed by atoms with Crippen molar-refractivity contribution in [1.29, 1.82) is 0 Å². The summed E-state index contributed by atoms with van der Waals surface area (Å²) in [5.41, 5.74) is -0.109. The van der Waals surface area contributed by atoms with Crippen molar-refractivity contribution < 1.29 is 14.3 Å². The first kappa shape index (κ1) is 15.9. The number of hydrogen-bond donors (Lipinski definition) is 1. The minimum atomic E-state index is -0.645. The van der Waals surface area contributed by atoms with Gasteiger partial charge in [-0.05, 0) is 25.1 Å². The SMILES string of the molecule is Cc1cn([C@H]2C=C[C@@H](COC(=O)c3ccccc3)O2)c(=O)[nH]c1=O. The molecule has 1 aromatic carbocycles. The maximum atomic E-state index is 11.9. The van der Waals surface area contributed by atoms with Crippen LogP contribution in [0, 0.1) is 6.92 Å². The Morgan fingerprint density at radius 2 is 2.00 bits per heavy atom. The maximum absolute atomic E-state index is 11.9. The first-order chi connectivity index (χ1) is 11.5. The minimum Gasteiger partial charge on any atom is -0.459 e. The molecule has 0 aliphatic carbocycles. The summed E-state index contributed by atoms with van der Waals surface area (Å²) in [7, 11) is 0. The molecule has 1 N–H and O–H groups in total. The summed E-state index contributed by atoms with van der Waals surface area (Å²) in [6.45, 7) is 1.64. The number of hydrogen-bond acceptors (Lipinski definition) is 5. The minimum absolute atomic E-state index is 0.0395. The van der Waals surface area contributed by atoms with Gasteiger partial charge in [-0.2, -0.15) is 0 Å². The van der Waals surface area contributed by atoms with Crippen molar-refractivity contribution >= 4 is 5.97 Å². The molecule has 0 saturated heterocycles. The van der Waals surface area contributed by atoms with Gasteiger partial charge in [0.2, 0.25) is 0 Å². The topological polar surface area (TPSA) is 90.4 Å². The smallest absolute Gasteiger partial charge is 0.338 e. The van der Waals surface area contributed by atoms with Crippen LogP contribution < -0.4 is 11.2 Å². The van der Waals surface area contributed by atoms with Crippen LogP contribution in [0.3, 0.4) is 0 Å². The first-order valence-corrected chi connectivity index (χ1v) is 7.42. The number of carbonyl (C=O) groups excluding carboxylic acids is 1. The monoisotopic (exact) mass is 328 g/mol. The summed E-state index contributed by atoms with van der Waals surface area (Å²) < 4.78 is 12.2. The molecule has 0 spiro atoms. The number of H-pyrrole nitrogens is 1. The Hall–Kier alpha value is -2.93. The lowest BCUT2D eigenvalue weighted by atomic mass is 10.2. The van der Waals surface area contributed by atoms with Crippen molar-refractivity contribution in [3.63, 3.8) is 0 Å². The highest BCUT2D eigenvalue weighted by atomic mass is 16.6. The molecule has 0 bridgehead atoms. The molecule has 0 fully saturated rings. The molecule has 0 unspecified atom stereocenters. The van der Waals surface area contributed by atoms with Crippen LogP contribution in [0.15, 0.2) is 58.3 Å². The zero-order chi connectivity index (χ0) is 17.1. The Labute approximate surface area is 137 Å². The van der Waals surface area contributed by atoms with E-state index in [1.165, 1.54) is 10.8 Å². The molecule has 1 aliphatic rings. The van der Waals surface area contributed by atoms with E-state index in [1.54, 1.807) is 43.3 Å². The third-order valence-corrected chi connectivity index (χ3v) is 3.61. The van der Waals surface area contributed by atoms with Gasteiger partial charge >= 0.3 is 11.7 Å². The fraction of sp³-hybridized carbons (Fsp3) is 0.235. The van der Waals surface area contributed by atoms with Gasteiger partial charge in [0.25, 0.3) is 5.56 Å². The average molecular weight is 328 g/mol. The van der Waals surface area contributed by atoms with Gasteiger partial charge < -0.3 is 9.47 Å². The molecule has 2 heterocycles. The fourth-order valence-corrected chi connectivity index (χ4v) is 2.33. The van der Waals surface area contributed by atoms with Crippen LogP contribution in [0.4, 0.5) is 0 Å². The van der Waals surface area contributed by atoms with E-state index >= 15 is 0 Å². The van der Waals surface area contributed by atoms with Gasteiger partial charge in [0.05, 0.1) is 5.56 Å². The van der Waals surface area contributed by atoms with E-state index in [0.29, 0.717) is 11.1 Å². The van der Waals surface area contributed by atoms with Crippen LogP contribution in [0.2, 0.25) is 0 Å². The quantitative estimate of drug-likeness (QED) is 0.672. The van der Waals surface area contributed by atoms with Gasteiger partial charge in [-0.3, -0.25) is 14.3 Å². The van der Waals surface area contributed by atoms with Gasteiger partial charge in [-0.1, -0.05) is 24.3 Å². The highest BCUT2D eigenvalue weighted by Gasteiger charge is 2.23. The van der Waals surface area contributed by atoms with Gasteiger partial charge in [0.1, 0.15) is 12.7 Å². The Balaban J connectivity index is 1.62. The summed E-state index contributed by atoms with van der Waals surface area (Å²) >= 11 is 0. The Kier molecular flexibility index (Phi) is 4.43. The lowest BCUT2D eigenvalue weighted by molar-refractivity contribution is -0.0223. The standard InChI is InChI=1S/C17H16N2O5/c1-11-9-19(17(22)18-15(11)20)14-8-7-13(24-14)10-23-16(21)12-5-3-2-4-6-12/h2-9,13-14H,10H2,1H3,(H,18,20,22)/t13-,14+/m0/s1. The summed E-state index contributed by atoms with van der Waals surface area (Å²) in [6.07, 6.45) is 3.74. The van der Waals surface area contributed by atoms with E-state index in [9.17, 15) is 14.4 Å². The van der Waals surface area contributed by atoms with Crippen molar-refractivity contribution in [2.24, 2.45) is 0 Å². The number of aromatic nitrogens is 2. The maximum Gasteiger partial charge on any atom is 0.338 e. The van der Waals surface area contributed by atoms with Gasteiger partial charge in [-0.25, -0.2) is 9.59 Å². The van der Waals surface area contributed by atoms with Gasteiger partial charge in [0, 0.05) is 11.8 Å². The highest BCUT2D eigenvalue weighted by Crippen LogP contribution is 2.20. The van der Waals surface area contributed by atoms with E-state index in [0.717, 1.165) is 0 Å². The lowest BCUT2D eigenvalue weighted by Gasteiger charge is -2.16. The second kappa shape index (κ2) is 6.67. The average Bonchev–Trinajstić information content (AvgIpc) is 3.05. The predicted octanol–water partition coefficient (Wildman–Crippen LogP) is 1.16. The summed E-state index contributed by atoms with van der Waals surface area (Å²) in [5.74, 6) is -0.437. The molecule has 7 nitrogen and oxygen atoms in total. The fourth-order valence-electron chi connectivity index (χ4n) is 2.33. The van der Waals surface area contributed by atoms with Crippen molar-refractivity contribution in [3.05, 3.63) is 80.6 Å². The number of nitrogens with one attached hydrogen (secondary N) is 1. The van der Waals surface area contributed by atoms with Crippen LogP contribution in [0.1, 0.15) is 22.1 Å². The van der Waals surface area contributed by atoms with Crippen LogP contribution in [0.5, 0.6) is 0 Å². The largest absolute Gasteiger partial charge is 0.459 e. The van der Waals surface area contributed by atoms with E-state index in [4.69, 9.17) is 9.47 Å². The first-order valence-electron chi connectivity index (χ1n) is 7.42. The number of carbonyl (C=O) groups is 1. The number of benzene rings is 1. The lowest BCUT2D eigenvalue weighted by Crippen LogP contribution is -2.33. The van der Waals surface area contributed by atoms with Crippen molar-refractivity contribution in [3.8, 4) is 0 Å². The zero-order valence-corrected chi connectivity index (χ0v) is 13.0. The molecule has 3 rings (SSSR count). The second-order valence-electron chi connectivity index (χ2n) is 5.39. The van der Waals surface area contributed by atoms with Crippen molar-refractivity contribution in [2.45, 2.75) is 19.3 Å². The molecule has 1 aromatic heterocycles. The number of rotatable bonds is 4. The summed E-state index contributed by atoms with van der Waals surface area (Å²) in [6, 6.07) is 8.65. The van der Waals surface area contributed by atoms with Crippen LogP contribution >= 0.6 is 0 Å². The third kappa shape index (κ3) is 3.36. The summed E-state index contributed by atoms with van der Waals surface area (Å²) in [5, 5.41) is 0. The summed E-state index contributed by atoms with van der Waals surface area (Å²) in [4.78, 5) is 37.4. The molecule has 0 amide bonds. The number of aromatic amines is 1. The number of esters is 1. The zero-order valence-electron chi connectivity index (χ0n) is 13.0. The van der Waals surface area contributed by atoms with E-state index < -0.39 is 29.6 Å². The molecule has 24 heavy (non-hydrogen) atoms. The number of ether oxygens (including phenoxy) is 2. The molecule has 2 atom stereocenters. The third-order valence-electron chi connectivity index (χ3n) is 3.61. The van der Waals surface area contributed by atoms with E-state index in [-0.39, 0.29) is 6.61 Å².